The summed E-state index contributed by atoms with van der Waals surface area (Å²) in [6, 6.07) is 17.9. The monoisotopic (exact) mass is 267 g/mol. The molecule has 0 radical (unpaired) electrons. The van der Waals surface area contributed by atoms with E-state index >= 15 is 0 Å². The molecule has 0 aromatic heterocycles. The van der Waals surface area contributed by atoms with Crippen LogP contribution in [0.3, 0.4) is 0 Å². The van der Waals surface area contributed by atoms with Gasteiger partial charge in [0.25, 0.3) is 0 Å². The predicted molar refractivity (Wildman–Crippen MR) is 79.5 cm³/mol. The van der Waals surface area contributed by atoms with Gasteiger partial charge in [0.15, 0.2) is 5.90 Å². The first-order valence-corrected chi connectivity index (χ1v) is 6.72. The van der Waals surface area contributed by atoms with Crippen molar-refractivity contribution in [1.82, 2.24) is 0 Å². The highest BCUT2D eigenvalue weighted by Gasteiger charge is 2.37. The summed E-state index contributed by atoms with van der Waals surface area (Å²) in [7, 11) is 1.66. The number of aliphatic imine (C=N–C) groups is 1. The Morgan fingerprint density at radius 3 is 2.30 bits per heavy atom. The summed E-state index contributed by atoms with van der Waals surface area (Å²) in [5.74, 6) is 1.93. The normalized spacial score (nSPS) is 23.0. The highest BCUT2D eigenvalue weighted by Crippen LogP contribution is 2.38. The second-order valence-corrected chi connectivity index (χ2v) is 4.89. The van der Waals surface area contributed by atoms with Gasteiger partial charge in [-0.15, -0.1) is 0 Å². The lowest BCUT2D eigenvalue weighted by atomic mass is 9.92. The van der Waals surface area contributed by atoms with Crippen LogP contribution in [-0.4, -0.2) is 13.0 Å². The summed E-state index contributed by atoms with van der Waals surface area (Å²) in [4.78, 5) is 4.54. The van der Waals surface area contributed by atoms with Gasteiger partial charge in [-0.1, -0.05) is 30.3 Å². The minimum Gasteiger partial charge on any atom is -0.497 e. The van der Waals surface area contributed by atoms with E-state index in [1.165, 1.54) is 5.56 Å². The van der Waals surface area contributed by atoms with Gasteiger partial charge in [0.05, 0.1) is 18.7 Å². The number of rotatable bonds is 3. The van der Waals surface area contributed by atoms with E-state index in [1.807, 2.05) is 42.5 Å². The Morgan fingerprint density at radius 2 is 1.70 bits per heavy atom. The van der Waals surface area contributed by atoms with Gasteiger partial charge in [0.1, 0.15) is 11.9 Å². The summed E-state index contributed by atoms with van der Waals surface area (Å²) in [5.41, 5.74) is 2.09. The number of nitrogens with zero attached hydrogens (tertiary/aromatic N) is 1. The second kappa shape index (κ2) is 5.37. The van der Waals surface area contributed by atoms with Gasteiger partial charge in [-0.3, -0.25) is 0 Å². The predicted octanol–water partition coefficient (Wildman–Crippen LogP) is 4.13. The van der Waals surface area contributed by atoms with Crippen LogP contribution in [0.4, 0.5) is 5.69 Å². The Balaban J connectivity index is 1.72. The third kappa shape index (κ3) is 2.39. The Hall–Kier alpha value is -2.29. The maximum Gasteiger partial charge on any atom is 0.196 e. The maximum atomic E-state index is 5.82. The Kier molecular flexibility index (Phi) is 3.42. The molecular formula is C17H17NO2. The molecule has 0 spiro atoms. The van der Waals surface area contributed by atoms with Crippen molar-refractivity contribution in [1.29, 1.82) is 0 Å². The molecule has 2 aromatic carbocycles. The lowest BCUT2D eigenvalue weighted by molar-refractivity contribution is 0.0662. The zero-order chi connectivity index (χ0) is 13.9. The molecule has 0 amide bonds. The Bertz CT molecular complexity index is 605. The van der Waals surface area contributed by atoms with Crippen LogP contribution < -0.4 is 4.74 Å². The molecule has 1 aliphatic heterocycles. The molecule has 1 aliphatic rings. The summed E-state index contributed by atoms with van der Waals surface area (Å²) in [6.07, 6.45) is 0.119. The van der Waals surface area contributed by atoms with Crippen molar-refractivity contribution < 1.29 is 9.47 Å². The van der Waals surface area contributed by atoms with Gasteiger partial charge in [-0.05, 0) is 36.8 Å². The Labute approximate surface area is 118 Å². The van der Waals surface area contributed by atoms with Crippen LogP contribution in [0.2, 0.25) is 0 Å². The zero-order valence-electron chi connectivity index (χ0n) is 11.6. The topological polar surface area (TPSA) is 30.8 Å². The van der Waals surface area contributed by atoms with Crippen molar-refractivity contribution in [2.45, 2.75) is 13.0 Å². The number of methoxy groups -OCH3 is 1. The first-order chi connectivity index (χ1) is 9.78. The van der Waals surface area contributed by atoms with Gasteiger partial charge in [-0.2, -0.15) is 0 Å². The van der Waals surface area contributed by atoms with E-state index in [2.05, 4.69) is 24.0 Å². The molecule has 1 fully saturated rings. The van der Waals surface area contributed by atoms with Crippen molar-refractivity contribution >= 4 is 11.6 Å². The summed E-state index contributed by atoms with van der Waals surface area (Å²) < 4.78 is 10.9. The second-order valence-electron chi connectivity index (χ2n) is 4.89. The molecule has 0 aliphatic carbocycles. The van der Waals surface area contributed by atoms with Crippen molar-refractivity contribution in [3.8, 4) is 5.75 Å². The van der Waals surface area contributed by atoms with Crippen molar-refractivity contribution in [2.75, 3.05) is 7.11 Å². The molecule has 1 heterocycles. The SMILES string of the molecule is COc1ccc(N=C2O[C@H](c3ccccc3)[C@H]2C)cc1. The number of hydrogen-bond acceptors (Lipinski definition) is 3. The van der Waals surface area contributed by atoms with Crippen LogP contribution in [0.25, 0.3) is 0 Å². The van der Waals surface area contributed by atoms with E-state index in [1.54, 1.807) is 7.11 Å². The summed E-state index contributed by atoms with van der Waals surface area (Å²) in [6.45, 7) is 2.14. The van der Waals surface area contributed by atoms with Gasteiger partial charge in [0, 0.05) is 0 Å². The smallest absolute Gasteiger partial charge is 0.196 e. The van der Waals surface area contributed by atoms with Crippen LogP contribution in [-0.2, 0) is 4.74 Å². The molecule has 0 saturated carbocycles. The fraction of sp³-hybridized carbons (Fsp3) is 0.235. The standard InChI is InChI=1S/C17H17NO2/c1-12-16(13-6-4-3-5-7-13)20-17(12)18-14-8-10-15(19-2)11-9-14/h3-12,16H,1-2H3/t12-,16+/m1/s1. The van der Waals surface area contributed by atoms with Gasteiger partial charge >= 0.3 is 0 Å². The fourth-order valence-corrected chi connectivity index (χ4v) is 2.31. The quantitative estimate of drug-likeness (QED) is 0.837. The average Bonchev–Trinajstić information content (AvgIpc) is 2.52. The van der Waals surface area contributed by atoms with E-state index in [0.29, 0.717) is 5.92 Å². The van der Waals surface area contributed by atoms with Crippen LogP contribution in [0.1, 0.15) is 18.6 Å². The van der Waals surface area contributed by atoms with Crippen LogP contribution in [0.5, 0.6) is 5.75 Å². The summed E-state index contributed by atoms with van der Waals surface area (Å²) >= 11 is 0. The van der Waals surface area contributed by atoms with E-state index in [0.717, 1.165) is 17.3 Å². The van der Waals surface area contributed by atoms with Crippen molar-refractivity contribution in [2.24, 2.45) is 10.9 Å². The molecule has 102 valence electrons. The third-order valence-corrected chi connectivity index (χ3v) is 3.53. The van der Waals surface area contributed by atoms with Crippen molar-refractivity contribution in [3.63, 3.8) is 0 Å². The lowest BCUT2D eigenvalue weighted by Gasteiger charge is -2.36. The third-order valence-electron chi connectivity index (χ3n) is 3.53. The Morgan fingerprint density at radius 1 is 1.00 bits per heavy atom. The van der Waals surface area contributed by atoms with Gasteiger partial charge in [-0.25, -0.2) is 4.99 Å². The van der Waals surface area contributed by atoms with E-state index in [-0.39, 0.29) is 6.10 Å². The van der Waals surface area contributed by atoms with Crippen LogP contribution in [0, 0.1) is 5.92 Å². The van der Waals surface area contributed by atoms with E-state index in [9.17, 15) is 0 Å². The highest BCUT2D eigenvalue weighted by atomic mass is 16.5. The minimum absolute atomic E-state index is 0.119. The molecule has 0 N–H and O–H groups in total. The maximum absolute atomic E-state index is 5.82. The van der Waals surface area contributed by atoms with Gasteiger partial charge < -0.3 is 9.47 Å². The molecule has 3 rings (SSSR count). The van der Waals surface area contributed by atoms with Crippen LogP contribution >= 0.6 is 0 Å². The minimum atomic E-state index is 0.119. The van der Waals surface area contributed by atoms with Crippen LogP contribution in [0.15, 0.2) is 59.6 Å². The first-order valence-electron chi connectivity index (χ1n) is 6.72. The molecular weight excluding hydrogens is 250 g/mol. The van der Waals surface area contributed by atoms with E-state index < -0.39 is 0 Å². The summed E-state index contributed by atoms with van der Waals surface area (Å²) in [5, 5.41) is 0. The molecule has 3 nitrogen and oxygen atoms in total. The molecule has 20 heavy (non-hydrogen) atoms. The number of benzene rings is 2. The number of ether oxygens (including phenoxy) is 2. The first kappa shape index (κ1) is 12.7. The fourth-order valence-electron chi connectivity index (χ4n) is 2.31. The van der Waals surface area contributed by atoms with E-state index in [4.69, 9.17) is 9.47 Å². The van der Waals surface area contributed by atoms with Gasteiger partial charge in [0.2, 0.25) is 0 Å². The highest BCUT2D eigenvalue weighted by molar-refractivity contribution is 5.86. The largest absolute Gasteiger partial charge is 0.497 e. The van der Waals surface area contributed by atoms with Crippen molar-refractivity contribution in [3.05, 3.63) is 60.2 Å². The number of hydrogen-bond donors (Lipinski definition) is 0. The molecule has 1 saturated heterocycles. The molecule has 2 atom stereocenters. The molecule has 0 bridgehead atoms. The molecule has 2 aromatic rings. The molecule has 3 heteroatoms. The zero-order valence-corrected chi connectivity index (χ0v) is 11.6. The molecule has 0 unspecified atom stereocenters. The average molecular weight is 267 g/mol. The lowest BCUT2D eigenvalue weighted by Crippen LogP contribution is -2.36.